The predicted octanol–water partition coefficient (Wildman–Crippen LogP) is 3.24. The van der Waals surface area contributed by atoms with Crippen LogP contribution in [0.15, 0.2) is 59.5 Å². The van der Waals surface area contributed by atoms with Crippen LogP contribution in [0.5, 0.6) is 0 Å². The second-order valence-electron chi connectivity index (χ2n) is 8.27. The molecule has 7 nitrogen and oxygen atoms in total. The van der Waals surface area contributed by atoms with E-state index in [1.807, 2.05) is 24.3 Å². The van der Waals surface area contributed by atoms with Gasteiger partial charge in [0, 0.05) is 30.9 Å². The van der Waals surface area contributed by atoms with E-state index in [0.717, 1.165) is 29.0 Å². The molecular weight excluding hydrogens is 414 g/mol. The lowest BCUT2D eigenvalue weighted by molar-refractivity contribution is -0.128. The molecule has 0 aromatic heterocycles. The Morgan fingerprint density at radius 3 is 2.26 bits per heavy atom. The number of hydrogen-bond donors (Lipinski definition) is 1. The lowest BCUT2D eigenvalue weighted by Crippen LogP contribution is -2.45. The minimum atomic E-state index is -4.08. The Balaban J connectivity index is 1.47. The van der Waals surface area contributed by atoms with Crippen LogP contribution >= 0.6 is 0 Å². The standard InChI is InChI=1S/C23H27N3O4S/c1-17-13-15-25(16-14-17)19-9-7-18(8-10-19)24-23(28)21-11-12-22(27)26(21)31(29,30)20-5-3-2-4-6-20/h2-10,17,21H,11-16H2,1H3,(H,24,28)/t21-/m1/s1. The molecule has 0 aliphatic carbocycles. The van der Waals surface area contributed by atoms with Crippen LogP contribution in [0.25, 0.3) is 0 Å². The Hall–Kier alpha value is -2.87. The van der Waals surface area contributed by atoms with Crippen molar-refractivity contribution in [3.05, 3.63) is 54.6 Å². The summed E-state index contributed by atoms with van der Waals surface area (Å²) in [6.45, 7) is 4.30. The van der Waals surface area contributed by atoms with Gasteiger partial charge in [-0.05, 0) is 61.6 Å². The van der Waals surface area contributed by atoms with Crippen molar-refractivity contribution < 1.29 is 18.0 Å². The molecule has 4 rings (SSSR count). The zero-order valence-corrected chi connectivity index (χ0v) is 18.3. The van der Waals surface area contributed by atoms with Crippen molar-refractivity contribution in [1.29, 1.82) is 0 Å². The molecule has 2 fully saturated rings. The van der Waals surface area contributed by atoms with Crippen LogP contribution in [0, 0.1) is 5.92 Å². The van der Waals surface area contributed by atoms with E-state index in [2.05, 4.69) is 17.1 Å². The third-order valence-electron chi connectivity index (χ3n) is 6.05. The van der Waals surface area contributed by atoms with E-state index in [4.69, 9.17) is 0 Å². The van der Waals surface area contributed by atoms with Gasteiger partial charge in [0.25, 0.3) is 10.0 Å². The largest absolute Gasteiger partial charge is 0.372 e. The Kier molecular flexibility index (Phi) is 6.00. The van der Waals surface area contributed by atoms with Crippen LogP contribution in [0.1, 0.15) is 32.6 Å². The maximum absolute atomic E-state index is 13.0. The predicted molar refractivity (Wildman–Crippen MR) is 119 cm³/mol. The van der Waals surface area contributed by atoms with Gasteiger partial charge >= 0.3 is 0 Å². The number of hydrogen-bond acceptors (Lipinski definition) is 5. The van der Waals surface area contributed by atoms with Crippen molar-refractivity contribution in [2.45, 2.75) is 43.5 Å². The number of amides is 2. The Morgan fingerprint density at radius 1 is 0.968 bits per heavy atom. The first kappa shape index (κ1) is 21.4. The van der Waals surface area contributed by atoms with Gasteiger partial charge in [-0.3, -0.25) is 9.59 Å². The van der Waals surface area contributed by atoms with Crippen molar-refractivity contribution in [1.82, 2.24) is 4.31 Å². The summed E-state index contributed by atoms with van der Waals surface area (Å²) in [5.74, 6) is -0.303. The second-order valence-corrected chi connectivity index (χ2v) is 10.1. The summed E-state index contributed by atoms with van der Waals surface area (Å²) in [4.78, 5) is 27.6. The van der Waals surface area contributed by atoms with Gasteiger partial charge in [0.15, 0.2) is 0 Å². The number of anilines is 2. The molecule has 0 saturated carbocycles. The fourth-order valence-corrected chi connectivity index (χ4v) is 5.78. The van der Waals surface area contributed by atoms with Gasteiger partial charge in [-0.2, -0.15) is 0 Å². The molecule has 2 amide bonds. The number of piperidine rings is 1. The molecule has 164 valence electrons. The lowest BCUT2D eigenvalue weighted by Gasteiger charge is -2.32. The maximum atomic E-state index is 13.0. The first-order valence-corrected chi connectivity index (χ1v) is 12.1. The highest BCUT2D eigenvalue weighted by Crippen LogP contribution is 2.29. The lowest BCUT2D eigenvalue weighted by atomic mass is 9.99. The highest BCUT2D eigenvalue weighted by atomic mass is 32.2. The van der Waals surface area contributed by atoms with Crippen molar-refractivity contribution in [3.63, 3.8) is 0 Å². The molecule has 2 heterocycles. The number of rotatable bonds is 5. The molecular formula is C23H27N3O4S. The highest BCUT2D eigenvalue weighted by molar-refractivity contribution is 7.89. The van der Waals surface area contributed by atoms with E-state index >= 15 is 0 Å². The first-order chi connectivity index (χ1) is 14.9. The second kappa shape index (κ2) is 8.70. The van der Waals surface area contributed by atoms with E-state index in [1.54, 1.807) is 18.2 Å². The zero-order valence-electron chi connectivity index (χ0n) is 17.5. The summed E-state index contributed by atoms with van der Waals surface area (Å²) in [7, 11) is -4.08. The van der Waals surface area contributed by atoms with Crippen LogP contribution < -0.4 is 10.2 Å². The molecule has 2 aliphatic heterocycles. The summed E-state index contributed by atoms with van der Waals surface area (Å²) >= 11 is 0. The van der Waals surface area contributed by atoms with E-state index in [-0.39, 0.29) is 17.7 Å². The molecule has 2 saturated heterocycles. The molecule has 2 aromatic carbocycles. The Morgan fingerprint density at radius 2 is 1.61 bits per heavy atom. The average Bonchev–Trinajstić information content (AvgIpc) is 3.18. The van der Waals surface area contributed by atoms with Crippen molar-refractivity contribution >= 4 is 33.2 Å². The van der Waals surface area contributed by atoms with Crippen LogP contribution in [-0.2, 0) is 19.6 Å². The number of nitrogens with zero attached hydrogens (tertiary/aromatic N) is 2. The van der Waals surface area contributed by atoms with Gasteiger partial charge in [-0.25, -0.2) is 12.7 Å². The number of benzene rings is 2. The smallest absolute Gasteiger partial charge is 0.267 e. The number of carbonyl (C=O) groups excluding carboxylic acids is 2. The number of nitrogens with one attached hydrogen (secondary N) is 1. The molecule has 31 heavy (non-hydrogen) atoms. The molecule has 1 atom stereocenters. The third kappa shape index (κ3) is 4.44. The van der Waals surface area contributed by atoms with Gasteiger partial charge in [0.2, 0.25) is 11.8 Å². The summed E-state index contributed by atoms with van der Waals surface area (Å²) in [6.07, 6.45) is 2.52. The monoisotopic (exact) mass is 441 g/mol. The van der Waals surface area contributed by atoms with E-state index in [0.29, 0.717) is 5.69 Å². The molecule has 0 unspecified atom stereocenters. The fraction of sp³-hybridized carbons (Fsp3) is 0.391. The Labute approximate surface area is 183 Å². The van der Waals surface area contributed by atoms with Crippen molar-refractivity contribution in [2.75, 3.05) is 23.3 Å². The van der Waals surface area contributed by atoms with Crippen LogP contribution in [0.3, 0.4) is 0 Å². The Bertz CT molecular complexity index is 1050. The van der Waals surface area contributed by atoms with Gasteiger partial charge in [0.1, 0.15) is 6.04 Å². The minimum absolute atomic E-state index is 0.00301. The summed E-state index contributed by atoms with van der Waals surface area (Å²) in [5.41, 5.74) is 1.68. The molecule has 8 heteroatoms. The van der Waals surface area contributed by atoms with E-state index < -0.39 is 27.9 Å². The molecule has 1 N–H and O–H groups in total. The normalized spacial score (nSPS) is 20.2. The van der Waals surface area contributed by atoms with Crippen molar-refractivity contribution in [3.8, 4) is 0 Å². The SMILES string of the molecule is CC1CCN(c2ccc(NC(=O)[C@H]3CCC(=O)N3S(=O)(=O)c3ccccc3)cc2)CC1. The average molecular weight is 442 g/mol. The topological polar surface area (TPSA) is 86.8 Å². The molecule has 2 aromatic rings. The molecule has 0 radical (unpaired) electrons. The summed E-state index contributed by atoms with van der Waals surface area (Å²) in [6, 6.07) is 14.2. The fourth-order valence-electron chi connectivity index (χ4n) is 4.15. The highest BCUT2D eigenvalue weighted by Gasteiger charge is 2.44. The van der Waals surface area contributed by atoms with E-state index in [9.17, 15) is 18.0 Å². The summed E-state index contributed by atoms with van der Waals surface area (Å²) < 4.78 is 26.7. The summed E-state index contributed by atoms with van der Waals surface area (Å²) in [5, 5.41) is 2.78. The van der Waals surface area contributed by atoms with Gasteiger partial charge < -0.3 is 10.2 Å². The molecule has 2 aliphatic rings. The van der Waals surface area contributed by atoms with Crippen molar-refractivity contribution in [2.24, 2.45) is 5.92 Å². The van der Waals surface area contributed by atoms with Gasteiger partial charge in [0.05, 0.1) is 4.90 Å². The van der Waals surface area contributed by atoms with E-state index in [1.165, 1.54) is 25.0 Å². The van der Waals surface area contributed by atoms with Crippen LogP contribution in [0.2, 0.25) is 0 Å². The zero-order chi connectivity index (χ0) is 22.0. The first-order valence-electron chi connectivity index (χ1n) is 10.6. The minimum Gasteiger partial charge on any atom is -0.372 e. The third-order valence-corrected chi connectivity index (χ3v) is 7.89. The molecule has 0 spiro atoms. The maximum Gasteiger partial charge on any atom is 0.267 e. The number of sulfonamides is 1. The van der Waals surface area contributed by atoms with Gasteiger partial charge in [-0.15, -0.1) is 0 Å². The van der Waals surface area contributed by atoms with Gasteiger partial charge in [-0.1, -0.05) is 25.1 Å². The quantitative estimate of drug-likeness (QED) is 0.770. The number of carbonyl (C=O) groups is 2. The van der Waals surface area contributed by atoms with Crippen LogP contribution in [0.4, 0.5) is 11.4 Å². The van der Waals surface area contributed by atoms with Crippen LogP contribution in [-0.4, -0.2) is 43.7 Å². The molecule has 0 bridgehead atoms.